The number of fused-ring (bicyclic) bond motifs is 4. The van der Waals surface area contributed by atoms with Crippen LogP contribution in [-0.4, -0.2) is 188 Å². The number of ether oxygens (including phenoxy) is 6. The summed E-state index contributed by atoms with van der Waals surface area (Å²) in [5.41, 5.74) is -0.843. The average Bonchev–Trinajstić information content (AvgIpc) is 3.93. The van der Waals surface area contributed by atoms with Gasteiger partial charge in [-0.15, -0.1) is 0 Å². The van der Waals surface area contributed by atoms with Crippen LogP contribution in [0.1, 0.15) is 111 Å². The number of Topliss-reactive ketones (excluding diaryl/α,β-unsaturated/α-hetero) is 1. The number of nitrogens with one attached hydrogen (secondary N) is 1. The van der Waals surface area contributed by atoms with Crippen molar-refractivity contribution in [1.29, 1.82) is 0 Å². The maximum Gasteiger partial charge on any atom is 0.330 e. The minimum absolute atomic E-state index is 0.110. The molecule has 6 amide bonds. The van der Waals surface area contributed by atoms with Gasteiger partial charge in [-0.2, -0.15) is 0 Å². The molecule has 0 spiro atoms. The molecule has 78 heavy (non-hydrogen) atoms. The van der Waals surface area contributed by atoms with Crippen LogP contribution in [-0.2, 0) is 63.8 Å². The number of carbonyl (C=O) groups excluding carboxylic acids is 9. The van der Waals surface area contributed by atoms with E-state index in [4.69, 9.17) is 28.4 Å². The van der Waals surface area contributed by atoms with Crippen molar-refractivity contribution in [2.45, 2.75) is 142 Å². The number of methoxy groups -OCH3 is 2. The molecule has 21 heteroatoms. The minimum Gasteiger partial charge on any atom is -0.493 e. The Morgan fingerprint density at radius 3 is 2.14 bits per heavy atom. The summed E-state index contributed by atoms with van der Waals surface area (Å²) in [6, 6.07) is 6.73. The highest BCUT2D eigenvalue weighted by atomic mass is 16.5. The molecule has 0 unspecified atom stereocenters. The van der Waals surface area contributed by atoms with Gasteiger partial charge in [0.15, 0.2) is 18.1 Å². The van der Waals surface area contributed by atoms with E-state index >= 15 is 0 Å². The van der Waals surface area contributed by atoms with E-state index in [9.17, 15) is 43.2 Å². The third kappa shape index (κ3) is 16.3. The van der Waals surface area contributed by atoms with Crippen LogP contribution in [0, 0.1) is 5.41 Å². The highest BCUT2D eigenvalue weighted by Gasteiger charge is 2.44. The second kappa shape index (κ2) is 27.5. The third-order valence-electron chi connectivity index (χ3n) is 14.4. The zero-order valence-electron chi connectivity index (χ0n) is 47.4. The second-order valence-electron chi connectivity index (χ2n) is 21.8. The molecule has 6 atom stereocenters. The Labute approximate surface area is 458 Å². The molecule has 5 rings (SSSR count). The molecule has 2 aromatic carbocycles. The number of nitrogens with zero attached hydrogens (tertiary/aromatic N) is 5. The van der Waals surface area contributed by atoms with E-state index < -0.39 is 108 Å². The highest BCUT2D eigenvalue weighted by Crippen LogP contribution is 2.33. The average molecular weight is 1090 g/mol. The normalized spacial score (nSPS) is 25.0. The summed E-state index contributed by atoms with van der Waals surface area (Å²) in [5, 5.41) is 2.68. The van der Waals surface area contributed by atoms with Gasteiger partial charge in [-0.25, -0.2) is 9.59 Å². The first-order valence-electron chi connectivity index (χ1n) is 26.6. The highest BCUT2D eigenvalue weighted by molar-refractivity contribution is 6.38. The van der Waals surface area contributed by atoms with E-state index in [-0.39, 0.29) is 57.2 Å². The number of esters is 2. The lowest BCUT2D eigenvalue weighted by atomic mass is 9.87. The van der Waals surface area contributed by atoms with Crippen LogP contribution in [0.25, 0.3) is 0 Å². The zero-order chi connectivity index (χ0) is 57.6. The van der Waals surface area contributed by atoms with Crippen molar-refractivity contribution >= 4 is 53.2 Å². The molecule has 0 radical (unpaired) electrons. The Kier molecular flexibility index (Phi) is 21.8. The molecular formula is C57H80N6O15. The number of ketones is 1. The molecule has 0 saturated carbocycles. The molecule has 2 saturated heterocycles. The number of rotatable bonds is 7. The smallest absolute Gasteiger partial charge is 0.330 e. The lowest BCUT2D eigenvalue weighted by Crippen LogP contribution is -2.59. The van der Waals surface area contributed by atoms with Crippen LogP contribution in [0.5, 0.6) is 17.2 Å². The van der Waals surface area contributed by atoms with E-state index in [1.807, 2.05) is 12.1 Å². The van der Waals surface area contributed by atoms with Crippen LogP contribution >= 0.6 is 0 Å². The second-order valence-corrected chi connectivity index (χ2v) is 21.8. The Morgan fingerprint density at radius 1 is 0.756 bits per heavy atom. The fourth-order valence-electron chi connectivity index (χ4n) is 9.32. The molecule has 428 valence electrons. The quantitative estimate of drug-likeness (QED) is 0.302. The standard InChI is InChI=1S/C57H80N6O15/c1-36-51(68)61(10)43(33-77-56(3,4)5)53(70)62-30-18-22-41(62)52(69)59(8)28-15-14-23-48(65)76-35-57(6,7)49(66)54(71)63-29-16-13-21-42(63)55(72)78-44(26-24-38-25-27-45(73-11)46(31-38)74-12)39-19-17-20-40(32-39)75-34-47(64)60(9)37(2)50(67)58-36/h14,17,19-20,23,25,27,31-32,36-37,41-44H,13,15-16,18,21-22,24,26,28-30,33-35H2,1-12H3,(H,58,67)/b23-14-/t36-,37-,41-,42-,43-,44+/m0/s1. The fourth-order valence-corrected chi connectivity index (χ4v) is 9.32. The van der Waals surface area contributed by atoms with Crippen LogP contribution in [0.2, 0.25) is 0 Å². The molecule has 0 aromatic heterocycles. The van der Waals surface area contributed by atoms with Crippen molar-refractivity contribution in [2.24, 2.45) is 5.41 Å². The summed E-state index contributed by atoms with van der Waals surface area (Å²) >= 11 is 0. The number of cyclic esters (lactones) is 2. The lowest BCUT2D eigenvalue weighted by molar-refractivity contribution is -0.165. The number of hydrogen-bond acceptors (Lipinski definition) is 15. The monoisotopic (exact) mass is 1090 g/mol. The van der Waals surface area contributed by atoms with Gasteiger partial charge < -0.3 is 58.2 Å². The number of likely N-dealkylation sites (N-methyl/N-ethyl adjacent to an activating group) is 3. The number of hydrogen-bond donors (Lipinski definition) is 1. The molecule has 3 heterocycles. The van der Waals surface area contributed by atoms with Crippen LogP contribution < -0.4 is 19.5 Å². The Bertz CT molecular complexity index is 2540. The van der Waals surface area contributed by atoms with Gasteiger partial charge in [0.1, 0.15) is 48.7 Å². The predicted octanol–water partition coefficient (Wildman–Crippen LogP) is 4.22. The first-order chi connectivity index (χ1) is 36.8. The van der Waals surface area contributed by atoms with Crippen molar-refractivity contribution in [3.8, 4) is 17.2 Å². The topological polar surface area (TPSA) is 237 Å². The molecule has 2 aromatic rings. The van der Waals surface area contributed by atoms with Gasteiger partial charge >= 0.3 is 11.9 Å². The summed E-state index contributed by atoms with van der Waals surface area (Å²) in [7, 11) is 7.49. The van der Waals surface area contributed by atoms with E-state index in [1.54, 1.807) is 58.2 Å². The van der Waals surface area contributed by atoms with Gasteiger partial charge in [0, 0.05) is 46.9 Å². The number of carbonyl (C=O) groups is 9. The summed E-state index contributed by atoms with van der Waals surface area (Å²) in [4.78, 5) is 132. The van der Waals surface area contributed by atoms with Crippen LogP contribution in [0.3, 0.4) is 0 Å². The van der Waals surface area contributed by atoms with Crippen LogP contribution in [0.4, 0.5) is 0 Å². The number of benzene rings is 2. The first kappa shape index (κ1) is 61.8. The van der Waals surface area contributed by atoms with Crippen molar-refractivity contribution in [3.05, 3.63) is 65.7 Å². The minimum atomic E-state index is -1.48. The van der Waals surface area contributed by atoms with Gasteiger partial charge in [-0.1, -0.05) is 24.3 Å². The zero-order valence-corrected chi connectivity index (χ0v) is 47.4. The van der Waals surface area contributed by atoms with Crippen molar-refractivity contribution in [1.82, 2.24) is 29.8 Å². The number of piperidine rings is 1. The summed E-state index contributed by atoms with van der Waals surface area (Å²) in [5.74, 6) is -4.70. The van der Waals surface area contributed by atoms with Crippen molar-refractivity contribution in [3.63, 3.8) is 0 Å². The molecule has 1 N–H and O–H groups in total. The molecular weight excluding hydrogens is 1010 g/mol. The Balaban J connectivity index is 1.44. The maximum atomic E-state index is 14.5. The molecule has 2 fully saturated rings. The molecule has 3 aliphatic rings. The summed E-state index contributed by atoms with van der Waals surface area (Å²) in [6.45, 7) is 10.7. The van der Waals surface area contributed by atoms with E-state index in [0.717, 1.165) is 5.56 Å². The van der Waals surface area contributed by atoms with Crippen molar-refractivity contribution in [2.75, 3.05) is 74.8 Å². The van der Waals surface area contributed by atoms with Gasteiger partial charge in [0.05, 0.1) is 31.8 Å². The van der Waals surface area contributed by atoms with Gasteiger partial charge in [-0.3, -0.25) is 33.6 Å². The van der Waals surface area contributed by atoms with E-state index in [2.05, 4.69) is 5.32 Å². The SMILES string of the molecule is COc1ccc(CC[C@H]2OC(=O)[C@@H]3CCCCN3C(=O)C(=O)C(C)(C)COC(=O)/C=C\CCN(C)C(=O)[C@@H]3CCCN3C(=O)[C@H](COC(C)(C)C)N(C)C(=O)[C@H](C)NC(=O)[C@H](C)N(C)C(=O)COc3cccc2c3)cc1OC. The molecule has 0 aliphatic carbocycles. The van der Waals surface area contributed by atoms with E-state index in [1.165, 1.54) is 92.7 Å². The maximum absolute atomic E-state index is 14.5. The first-order valence-corrected chi connectivity index (χ1v) is 26.6. The summed E-state index contributed by atoms with van der Waals surface area (Å²) in [6.07, 6.45) is 4.88. The Hall–Kier alpha value is -7.03. The van der Waals surface area contributed by atoms with Gasteiger partial charge in [0.25, 0.3) is 11.8 Å². The molecule has 3 aliphatic heterocycles. The van der Waals surface area contributed by atoms with Gasteiger partial charge in [0.2, 0.25) is 29.4 Å². The number of amides is 6. The van der Waals surface area contributed by atoms with Crippen molar-refractivity contribution < 1.29 is 71.6 Å². The van der Waals surface area contributed by atoms with Gasteiger partial charge in [-0.05, 0) is 135 Å². The molecule has 2 bridgehead atoms. The fraction of sp³-hybridized carbons (Fsp3) is 0.596. The van der Waals surface area contributed by atoms with E-state index in [0.29, 0.717) is 49.2 Å². The van der Waals surface area contributed by atoms with Crippen LogP contribution in [0.15, 0.2) is 54.6 Å². The Morgan fingerprint density at radius 2 is 1.45 bits per heavy atom. The molecule has 21 nitrogen and oxygen atoms in total. The third-order valence-corrected chi connectivity index (χ3v) is 14.4. The largest absolute Gasteiger partial charge is 0.493 e. The predicted molar refractivity (Wildman–Crippen MR) is 286 cm³/mol. The summed E-state index contributed by atoms with van der Waals surface area (Å²) < 4.78 is 34.7. The number of aryl methyl sites for hydroxylation is 1. The lowest BCUT2D eigenvalue weighted by Gasteiger charge is -2.36.